The number of hydrogen-bond donors (Lipinski definition) is 2. The standard InChI is InChI=1S/C13H19NO3/c1-13(2,3)14(12(16)17)11-6-4-10(5-7-11)8-9-15/h4-7,15H,8-9H2,1-3H3,(H,16,17). The van der Waals surface area contributed by atoms with Gasteiger partial charge in [0.25, 0.3) is 0 Å². The van der Waals surface area contributed by atoms with Crippen molar-refractivity contribution < 1.29 is 15.0 Å². The number of anilines is 1. The molecule has 4 nitrogen and oxygen atoms in total. The van der Waals surface area contributed by atoms with Crippen LogP contribution in [0.3, 0.4) is 0 Å². The quantitative estimate of drug-likeness (QED) is 0.849. The second-order valence-corrected chi connectivity index (χ2v) is 4.93. The summed E-state index contributed by atoms with van der Waals surface area (Å²) in [5, 5.41) is 18.0. The second kappa shape index (κ2) is 5.19. The molecule has 1 aromatic carbocycles. The molecule has 4 heteroatoms. The van der Waals surface area contributed by atoms with Crippen LogP contribution in [0.2, 0.25) is 0 Å². The molecule has 0 saturated carbocycles. The Morgan fingerprint density at radius 3 is 2.12 bits per heavy atom. The normalized spacial score (nSPS) is 11.3. The summed E-state index contributed by atoms with van der Waals surface area (Å²) in [6.07, 6.45) is -0.379. The lowest BCUT2D eigenvalue weighted by Gasteiger charge is -2.33. The number of nitrogens with zero attached hydrogens (tertiary/aromatic N) is 1. The predicted octanol–water partition coefficient (Wildman–Crippen LogP) is 2.50. The monoisotopic (exact) mass is 237 g/mol. The molecule has 0 saturated heterocycles. The first-order chi connectivity index (χ1) is 7.86. The average molecular weight is 237 g/mol. The Labute approximate surface area is 101 Å². The van der Waals surface area contributed by atoms with E-state index in [9.17, 15) is 9.90 Å². The number of benzene rings is 1. The third kappa shape index (κ3) is 3.46. The van der Waals surface area contributed by atoms with Crippen molar-refractivity contribution >= 4 is 11.8 Å². The van der Waals surface area contributed by atoms with Crippen LogP contribution in [-0.4, -0.2) is 28.5 Å². The lowest BCUT2D eigenvalue weighted by atomic mass is 10.0. The van der Waals surface area contributed by atoms with Crippen LogP contribution in [0.5, 0.6) is 0 Å². The summed E-state index contributed by atoms with van der Waals surface area (Å²) in [4.78, 5) is 12.6. The van der Waals surface area contributed by atoms with Crippen molar-refractivity contribution in [3.05, 3.63) is 29.8 Å². The lowest BCUT2D eigenvalue weighted by molar-refractivity contribution is 0.195. The van der Waals surface area contributed by atoms with E-state index in [1.807, 2.05) is 32.9 Å². The van der Waals surface area contributed by atoms with Gasteiger partial charge in [0.1, 0.15) is 0 Å². The molecule has 0 radical (unpaired) electrons. The summed E-state index contributed by atoms with van der Waals surface area (Å²) in [6.45, 7) is 5.65. The maximum atomic E-state index is 11.2. The first-order valence-corrected chi connectivity index (χ1v) is 5.59. The van der Waals surface area contributed by atoms with Crippen molar-refractivity contribution in [1.29, 1.82) is 0 Å². The number of amides is 1. The molecule has 0 aliphatic heterocycles. The molecule has 0 bridgehead atoms. The summed E-state index contributed by atoms with van der Waals surface area (Å²) >= 11 is 0. The topological polar surface area (TPSA) is 60.8 Å². The molecular formula is C13H19NO3. The van der Waals surface area contributed by atoms with E-state index in [4.69, 9.17) is 5.11 Å². The second-order valence-electron chi connectivity index (χ2n) is 4.93. The Bertz CT molecular complexity index is 379. The first-order valence-electron chi connectivity index (χ1n) is 5.59. The van der Waals surface area contributed by atoms with Crippen LogP contribution in [0.25, 0.3) is 0 Å². The molecule has 0 aliphatic carbocycles. The van der Waals surface area contributed by atoms with Gasteiger partial charge in [-0.3, -0.25) is 4.90 Å². The molecule has 1 amide bonds. The highest BCUT2D eigenvalue weighted by molar-refractivity contribution is 5.87. The minimum Gasteiger partial charge on any atom is -0.465 e. The molecule has 1 rings (SSSR count). The molecule has 94 valence electrons. The van der Waals surface area contributed by atoms with Crippen molar-refractivity contribution in [1.82, 2.24) is 0 Å². The Morgan fingerprint density at radius 2 is 1.76 bits per heavy atom. The molecule has 0 aliphatic rings. The van der Waals surface area contributed by atoms with Crippen molar-refractivity contribution in [2.24, 2.45) is 0 Å². The Morgan fingerprint density at radius 1 is 1.24 bits per heavy atom. The zero-order valence-electron chi connectivity index (χ0n) is 10.5. The van der Waals surface area contributed by atoms with Crippen molar-refractivity contribution in [3.63, 3.8) is 0 Å². The minimum atomic E-state index is -0.965. The number of aliphatic hydroxyl groups excluding tert-OH is 1. The molecular weight excluding hydrogens is 218 g/mol. The lowest BCUT2D eigenvalue weighted by Crippen LogP contribution is -2.45. The van der Waals surface area contributed by atoms with Gasteiger partial charge in [-0.25, -0.2) is 4.79 Å². The van der Waals surface area contributed by atoms with Gasteiger partial charge in [0.2, 0.25) is 0 Å². The Kier molecular flexibility index (Phi) is 4.12. The van der Waals surface area contributed by atoms with Crippen LogP contribution >= 0.6 is 0 Å². The van der Waals surface area contributed by atoms with E-state index in [-0.39, 0.29) is 6.61 Å². The van der Waals surface area contributed by atoms with E-state index in [0.717, 1.165) is 5.56 Å². The van der Waals surface area contributed by atoms with Crippen molar-refractivity contribution in [3.8, 4) is 0 Å². The molecule has 0 aromatic heterocycles. The fraction of sp³-hybridized carbons (Fsp3) is 0.462. The maximum absolute atomic E-state index is 11.2. The van der Waals surface area contributed by atoms with E-state index >= 15 is 0 Å². The SMILES string of the molecule is CC(C)(C)N(C(=O)O)c1ccc(CCO)cc1. The van der Waals surface area contributed by atoms with E-state index in [2.05, 4.69) is 0 Å². The van der Waals surface area contributed by atoms with Gasteiger partial charge in [0.15, 0.2) is 0 Å². The van der Waals surface area contributed by atoms with Crippen molar-refractivity contribution in [2.45, 2.75) is 32.7 Å². The smallest absolute Gasteiger partial charge is 0.412 e. The number of hydrogen-bond acceptors (Lipinski definition) is 2. The number of carbonyl (C=O) groups is 1. The highest BCUT2D eigenvalue weighted by Gasteiger charge is 2.27. The van der Waals surface area contributed by atoms with Gasteiger partial charge in [-0.1, -0.05) is 12.1 Å². The fourth-order valence-corrected chi connectivity index (χ4v) is 1.73. The summed E-state index contributed by atoms with van der Waals surface area (Å²) in [7, 11) is 0. The third-order valence-electron chi connectivity index (χ3n) is 2.46. The van der Waals surface area contributed by atoms with Crippen LogP contribution in [0.4, 0.5) is 10.5 Å². The fourth-order valence-electron chi connectivity index (χ4n) is 1.73. The maximum Gasteiger partial charge on any atom is 0.412 e. The van der Waals surface area contributed by atoms with Crippen LogP contribution in [0.15, 0.2) is 24.3 Å². The highest BCUT2D eigenvalue weighted by atomic mass is 16.4. The minimum absolute atomic E-state index is 0.0985. The van der Waals surface area contributed by atoms with E-state index in [1.54, 1.807) is 12.1 Å². The Hall–Kier alpha value is -1.55. The summed E-state index contributed by atoms with van der Waals surface area (Å²) in [5.74, 6) is 0. The van der Waals surface area contributed by atoms with Gasteiger partial charge in [0.05, 0.1) is 0 Å². The Balaban J connectivity index is 3.00. The van der Waals surface area contributed by atoms with Crippen LogP contribution < -0.4 is 4.90 Å². The third-order valence-corrected chi connectivity index (χ3v) is 2.46. The van der Waals surface area contributed by atoms with E-state index in [1.165, 1.54) is 4.90 Å². The molecule has 1 aromatic rings. The van der Waals surface area contributed by atoms with Gasteiger partial charge in [-0.2, -0.15) is 0 Å². The molecule has 0 atom stereocenters. The number of carboxylic acid groups (broad SMARTS) is 1. The molecule has 0 unspecified atom stereocenters. The van der Waals surface area contributed by atoms with Crippen LogP contribution in [0.1, 0.15) is 26.3 Å². The molecule has 0 heterocycles. The van der Waals surface area contributed by atoms with E-state index in [0.29, 0.717) is 12.1 Å². The molecule has 0 fully saturated rings. The summed E-state index contributed by atoms with van der Waals surface area (Å²) < 4.78 is 0. The van der Waals surface area contributed by atoms with Gasteiger partial charge < -0.3 is 10.2 Å². The summed E-state index contributed by atoms with van der Waals surface area (Å²) in [6, 6.07) is 7.22. The van der Waals surface area contributed by atoms with Crippen LogP contribution in [0, 0.1) is 0 Å². The number of rotatable bonds is 3. The molecule has 2 N–H and O–H groups in total. The molecule has 0 spiro atoms. The van der Waals surface area contributed by atoms with Gasteiger partial charge in [-0.15, -0.1) is 0 Å². The van der Waals surface area contributed by atoms with Gasteiger partial charge in [0, 0.05) is 17.8 Å². The predicted molar refractivity (Wildman–Crippen MR) is 67.5 cm³/mol. The van der Waals surface area contributed by atoms with Gasteiger partial charge >= 0.3 is 6.09 Å². The van der Waals surface area contributed by atoms with Crippen LogP contribution in [-0.2, 0) is 6.42 Å². The van der Waals surface area contributed by atoms with E-state index < -0.39 is 11.6 Å². The highest BCUT2D eigenvalue weighted by Crippen LogP contribution is 2.24. The number of aliphatic hydroxyl groups is 1. The zero-order chi connectivity index (χ0) is 13.1. The summed E-state index contributed by atoms with van der Waals surface area (Å²) in [5.41, 5.74) is 1.16. The largest absolute Gasteiger partial charge is 0.465 e. The van der Waals surface area contributed by atoms with Crippen molar-refractivity contribution in [2.75, 3.05) is 11.5 Å². The van der Waals surface area contributed by atoms with Gasteiger partial charge in [-0.05, 0) is 44.9 Å². The average Bonchev–Trinajstić information content (AvgIpc) is 2.18. The first kappa shape index (κ1) is 13.5. The zero-order valence-corrected chi connectivity index (χ0v) is 10.5. The molecule has 17 heavy (non-hydrogen) atoms.